The molecule has 0 saturated heterocycles. The largest absolute Gasteiger partial charge is 0.309 e. The minimum Gasteiger partial charge on any atom is -0.309 e. The Morgan fingerprint density at radius 1 is 0.391 bits per heavy atom. The maximum absolute atomic E-state index is 15.2. The van der Waals surface area contributed by atoms with Crippen molar-refractivity contribution in [1.29, 1.82) is 0 Å². The second-order valence-electron chi connectivity index (χ2n) is 17.3. The van der Waals surface area contributed by atoms with Gasteiger partial charge in [0.25, 0.3) is 0 Å². The number of benzene rings is 9. The van der Waals surface area contributed by atoms with Crippen LogP contribution in [-0.2, 0) is 16.4 Å². The van der Waals surface area contributed by atoms with E-state index in [4.69, 9.17) is 31.7 Å². The van der Waals surface area contributed by atoms with Gasteiger partial charge < -0.3 is 4.57 Å². The quantitative estimate of drug-likeness (QED) is 0.112. The summed E-state index contributed by atoms with van der Waals surface area (Å²) in [5.74, 6) is 0. The lowest BCUT2D eigenvalue weighted by molar-refractivity contribution is 0.592. The monoisotopic (exact) mass is 939 g/mol. The summed E-state index contributed by atoms with van der Waals surface area (Å²) in [7, 11) is -3.19. The smallest absolute Gasteiger partial charge is 0.171 e. The van der Waals surface area contributed by atoms with E-state index in [9.17, 15) is 0 Å². The van der Waals surface area contributed by atoms with Gasteiger partial charge in [0.2, 0.25) is 0 Å². The Morgan fingerprint density at radius 3 is 1.65 bits per heavy atom. The van der Waals surface area contributed by atoms with E-state index in [0.717, 1.165) is 104 Å². The van der Waals surface area contributed by atoms with Crippen LogP contribution in [-0.4, -0.2) is 24.3 Å². The van der Waals surface area contributed by atoms with Crippen LogP contribution in [0.4, 0.5) is 0 Å². The van der Waals surface area contributed by atoms with E-state index in [1.54, 1.807) is 0 Å². The third-order valence-corrected chi connectivity index (χ3v) is 21.4. The number of rotatable bonds is 8. The molecule has 4 heterocycles. The fourth-order valence-electron chi connectivity index (χ4n) is 10.0. The van der Waals surface area contributed by atoms with Gasteiger partial charge in [0.05, 0.1) is 45.2 Å². The average molecular weight is 940 g/mol. The van der Waals surface area contributed by atoms with Crippen molar-refractivity contribution in [2.75, 3.05) is 0 Å². The van der Waals surface area contributed by atoms with E-state index in [0.29, 0.717) is 10.8 Å². The van der Waals surface area contributed by atoms with Crippen LogP contribution < -0.4 is 31.8 Å². The summed E-state index contributed by atoms with van der Waals surface area (Å²) in [6, 6.07) is 74.0. The van der Waals surface area contributed by atoms with Crippen molar-refractivity contribution < 1.29 is 4.57 Å². The van der Waals surface area contributed by atoms with Gasteiger partial charge in [0, 0.05) is 55.4 Å². The lowest BCUT2D eigenvalue weighted by Gasteiger charge is -2.23. The molecular weight excluding hydrogens is 901 g/mol. The number of imidazole rings is 1. The highest BCUT2D eigenvalue weighted by atomic mass is 32.4. The second kappa shape index (κ2) is 16.4. The minimum absolute atomic E-state index is 0.680. The number of pyridine rings is 2. The van der Waals surface area contributed by atoms with E-state index in [-0.39, 0.29) is 0 Å². The Balaban J connectivity index is 0.959. The lowest BCUT2D eigenvalue weighted by atomic mass is 9.98. The maximum Gasteiger partial charge on any atom is 0.171 e. The van der Waals surface area contributed by atoms with Gasteiger partial charge in [-0.3, -0.25) is 14.4 Å². The molecule has 9 heteroatoms. The van der Waals surface area contributed by atoms with Crippen LogP contribution in [0.5, 0.6) is 0 Å². The molecule has 69 heavy (non-hydrogen) atoms. The van der Waals surface area contributed by atoms with E-state index >= 15 is 4.57 Å². The van der Waals surface area contributed by atoms with Gasteiger partial charge in [0.1, 0.15) is 5.65 Å². The Labute approximate surface area is 403 Å². The summed E-state index contributed by atoms with van der Waals surface area (Å²) in [4.78, 5) is 20.7. The van der Waals surface area contributed by atoms with Crippen LogP contribution in [0.1, 0.15) is 0 Å². The topological polar surface area (TPSA) is 73.0 Å². The minimum atomic E-state index is -3.19. The zero-order chi connectivity index (χ0) is 46.1. The maximum atomic E-state index is 15.2. The molecule has 0 spiro atoms. The first kappa shape index (κ1) is 41.3. The summed E-state index contributed by atoms with van der Waals surface area (Å²) in [6.07, 6.45) is 3.80. The van der Waals surface area contributed by atoms with Gasteiger partial charge in [-0.1, -0.05) is 188 Å². The molecule has 0 saturated carbocycles. The zero-order valence-electron chi connectivity index (χ0n) is 37.0. The van der Waals surface area contributed by atoms with Crippen molar-refractivity contribution >= 4 is 117 Å². The molecule has 6 nitrogen and oxygen atoms in total. The van der Waals surface area contributed by atoms with E-state index in [1.807, 2.05) is 103 Å². The lowest BCUT2D eigenvalue weighted by Crippen LogP contribution is -2.25. The van der Waals surface area contributed by atoms with Crippen LogP contribution in [0.2, 0.25) is 0 Å². The average Bonchev–Trinajstić information content (AvgIpc) is 3.82. The first-order valence-corrected chi connectivity index (χ1v) is 27.3. The molecule has 0 unspecified atom stereocenters. The Morgan fingerprint density at radius 2 is 0.971 bits per heavy atom. The van der Waals surface area contributed by atoms with Gasteiger partial charge in [-0.15, -0.1) is 0 Å². The number of nitrogens with zero attached hydrogens (tertiary/aromatic N) is 5. The Hall–Kier alpha value is -7.92. The van der Waals surface area contributed by atoms with Crippen LogP contribution in [0, 0.1) is 0 Å². The molecule has 0 aliphatic carbocycles. The van der Waals surface area contributed by atoms with Crippen molar-refractivity contribution in [3.05, 3.63) is 237 Å². The first-order valence-electron chi connectivity index (χ1n) is 22.8. The fraction of sp³-hybridized carbons (Fsp3) is 0. The van der Waals surface area contributed by atoms with Crippen molar-refractivity contribution in [2.24, 2.45) is 0 Å². The first-order chi connectivity index (χ1) is 33.9. The molecule has 0 fully saturated rings. The number of aromatic nitrogens is 5. The summed E-state index contributed by atoms with van der Waals surface area (Å²) in [6.45, 7) is 0. The summed E-state index contributed by atoms with van der Waals surface area (Å²) < 4.78 is 17.5. The molecule has 13 aromatic rings. The highest BCUT2D eigenvalue weighted by molar-refractivity contribution is 8.25. The summed E-state index contributed by atoms with van der Waals surface area (Å²) in [5, 5.41) is 11.2. The molecule has 0 aliphatic heterocycles. The van der Waals surface area contributed by atoms with Crippen molar-refractivity contribution in [1.82, 2.24) is 24.3 Å². The van der Waals surface area contributed by atoms with Crippen LogP contribution >= 0.6 is 13.2 Å². The van der Waals surface area contributed by atoms with Crippen LogP contribution in [0.15, 0.2) is 237 Å². The van der Waals surface area contributed by atoms with Crippen molar-refractivity contribution in [3.63, 3.8) is 0 Å². The molecule has 0 N–H and O–H groups in total. The van der Waals surface area contributed by atoms with Crippen molar-refractivity contribution in [3.8, 4) is 22.5 Å². The fourth-order valence-corrected chi connectivity index (χ4v) is 16.3. The molecular formula is C60H39N5OP2S. The van der Waals surface area contributed by atoms with Gasteiger partial charge in [0.15, 0.2) is 7.14 Å². The number of hydrogen-bond acceptors (Lipinski definition) is 6. The highest BCUT2D eigenvalue weighted by Gasteiger charge is 2.30. The molecule has 0 aliphatic rings. The Kier molecular flexibility index (Phi) is 9.81. The normalized spacial score (nSPS) is 12.2. The molecule has 0 atom stereocenters. The van der Waals surface area contributed by atoms with E-state index < -0.39 is 13.2 Å². The van der Waals surface area contributed by atoms with Gasteiger partial charge in [-0.2, -0.15) is 0 Å². The molecule has 13 rings (SSSR count). The highest BCUT2D eigenvalue weighted by Crippen LogP contribution is 2.45. The van der Waals surface area contributed by atoms with E-state index in [2.05, 4.69) is 138 Å². The van der Waals surface area contributed by atoms with Gasteiger partial charge in [-0.05, 0) is 75.3 Å². The number of fused-ring (bicyclic) bond motifs is 11. The van der Waals surface area contributed by atoms with E-state index in [1.165, 1.54) is 0 Å². The molecule has 0 radical (unpaired) electrons. The van der Waals surface area contributed by atoms with Gasteiger partial charge >= 0.3 is 0 Å². The SMILES string of the molecule is O=P(c1ccccc1)(c1ccccc1)c1ccc2nc(-c3ccc4c5ccc6ccccc6c5c5nc6ccc(-c7ccc(P(=S)(c8ccccc8)c8ccccc8)cn7)cc6n5c4c3)cnc2c1. The van der Waals surface area contributed by atoms with Gasteiger partial charge in [-0.25, -0.2) is 9.97 Å². The molecule has 0 bridgehead atoms. The molecule has 4 aromatic heterocycles. The summed E-state index contributed by atoms with van der Waals surface area (Å²) in [5.41, 5.74) is 8.64. The molecule has 9 aromatic carbocycles. The third-order valence-electron chi connectivity index (χ3n) is 13.4. The Bertz CT molecular complexity index is 4160. The second-order valence-corrected chi connectivity index (χ2v) is 24.5. The van der Waals surface area contributed by atoms with Crippen molar-refractivity contribution in [2.45, 2.75) is 0 Å². The standard InChI is InChI=1S/C60H39N5OP2S/c66-67(43-16-5-1-6-17-43,44-18-7-2-8-19-44)47-28-34-53-55(37-47)62-39-56(63-53)42-26-30-50-51-31-25-40-15-13-14-24-49(40)59(51)60-64-54-32-27-41(36-58(54)65(60)57(50)35-42)52-33-29-48(38-61-52)68(69,45-20-9-3-10-21-45)46-22-11-4-12-23-46/h1-39H. The summed E-state index contributed by atoms with van der Waals surface area (Å²) >= 11 is 6.64. The molecule has 0 amide bonds. The third kappa shape index (κ3) is 6.69. The predicted octanol–water partition coefficient (Wildman–Crippen LogP) is 12.0. The molecule has 326 valence electrons. The predicted molar refractivity (Wildman–Crippen MR) is 292 cm³/mol. The van der Waals surface area contributed by atoms with Crippen LogP contribution in [0.25, 0.3) is 82.7 Å². The zero-order valence-corrected chi connectivity index (χ0v) is 39.6. The van der Waals surface area contributed by atoms with Crippen LogP contribution in [0.3, 0.4) is 0 Å². The number of hydrogen-bond donors (Lipinski definition) is 0.